The Morgan fingerprint density at radius 1 is 1.00 bits per heavy atom. The molecule has 2 nitrogen and oxygen atoms in total. The van der Waals surface area contributed by atoms with Crippen LogP contribution < -0.4 is 9.47 Å². The minimum Gasteiger partial charge on any atom is -0.496 e. The van der Waals surface area contributed by atoms with Crippen molar-refractivity contribution in [1.82, 2.24) is 0 Å². The molecule has 0 N–H and O–H groups in total. The average molecular weight is 335 g/mol. The highest BCUT2D eigenvalue weighted by atomic mass is 79.9. The summed E-state index contributed by atoms with van der Waals surface area (Å²) < 4.78 is 12.4. The topological polar surface area (TPSA) is 18.5 Å². The first-order chi connectivity index (χ1) is 9.51. The molecule has 0 aliphatic rings. The highest BCUT2D eigenvalue weighted by molar-refractivity contribution is 9.10. The van der Waals surface area contributed by atoms with Gasteiger partial charge in [0, 0.05) is 10.0 Å². The molecule has 0 radical (unpaired) electrons. The van der Waals surface area contributed by atoms with Gasteiger partial charge in [0.2, 0.25) is 0 Å². The molecule has 2 aromatic rings. The summed E-state index contributed by atoms with van der Waals surface area (Å²) in [5, 5.41) is 0. The lowest BCUT2D eigenvalue weighted by Crippen LogP contribution is -2.01. The molecule has 106 valence electrons. The fraction of sp³-hybridized carbons (Fsp3) is 0.294. The van der Waals surface area contributed by atoms with Gasteiger partial charge < -0.3 is 9.47 Å². The molecule has 0 heterocycles. The number of aryl methyl sites for hydroxylation is 2. The van der Waals surface area contributed by atoms with E-state index in [-0.39, 0.29) is 0 Å². The second-order valence-electron chi connectivity index (χ2n) is 4.95. The standard InChI is InChI=1S/C17H19BrO2/c1-11-7-12(2)13(3)17(8-11)20-10-14-9-15(18)5-6-16(14)19-4/h5-9H,10H2,1-4H3. The van der Waals surface area contributed by atoms with Gasteiger partial charge in [0.15, 0.2) is 0 Å². The molecule has 0 spiro atoms. The summed E-state index contributed by atoms with van der Waals surface area (Å²) in [5.74, 6) is 1.78. The van der Waals surface area contributed by atoms with Gasteiger partial charge in [-0.25, -0.2) is 0 Å². The summed E-state index contributed by atoms with van der Waals surface area (Å²) in [7, 11) is 1.68. The van der Waals surface area contributed by atoms with Crippen LogP contribution in [0.3, 0.4) is 0 Å². The second-order valence-corrected chi connectivity index (χ2v) is 5.87. The van der Waals surface area contributed by atoms with Crippen molar-refractivity contribution in [2.24, 2.45) is 0 Å². The van der Waals surface area contributed by atoms with Gasteiger partial charge in [-0.1, -0.05) is 22.0 Å². The summed E-state index contributed by atoms with van der Waals surface area (Å²) in [6.07, 6.45) is 0. The largest absolute Gasteiger partial charge is 0.496 e. The van der Waals surface area contributed by atoms with Gasteiger partial charge in [0.05, 0.1) is 7.11 Å². The van der Waals surface area contributed by atoms with Crippen LogP contribution in [0.15, 0.2) is 34.8 Å². The molecule has 0 aliphatic carbocycles. The van der Waals surface area contributed by atoms with Gasteiger partial charge in [0.25, 0.3) is 0 Å². The first-order valence-electron chi connectivity index (χ1n) is 6.54. The van der Waals surface area contributed by atoms with Crippen LogP contribution >= 0.6 is 15.9 Å². The summed E-state index contributed by atoms with van der Waals surface area (Å²) >= 11 is 3.48. The van der Waals surface area contributed by atoms with Gasteiger partial charge in [-0.2, -0.15) is 0 Å². The molecule has 2 rings (SSSR count). The zero-order valence-corrected chi connectivity index (χ0v) is 13.9. The van der Waals surface area contributed by atoms with E-state index in [2.05, 4.69) is 48.8 Å². The number of benzene rings is 2. The summed E-state index contributed by atoms with van der Waals surface area (Å²) in [6.45, 7) is 6.77. The Bertz CT molecular complexity index is 621. The molecule has 20 heavy (non-hydrogen) atoms. The fourth-order valence-corrected chi connectivity index (χ4v) is 2.57. The monoisotopic (exact) mass is 334 g/mol. The third-order valence-corrected chi connectivity index (χ3v) is 3.88. The summed E-state index contributed by atoms with van der Waals surface area (Å²) in [4.78, 5) is 0. The van der Waals surface area contributed by atoms with Crippen molar-refractivity contribution in [3.05, 3.63) is 57.1 Å². The molecule has 0 amide bonds. The molecule has 3 heteroatoms. The number of halogens is 1. The van der Waals surface area contributed by atoms with Crippen molar-refractivity contribution in [2.75, 3.05) is 7.11 Å². The molecular formula is C17H19BrO2. The van der Waals surface area contributed by atoms with Gasteiger partial charge >= 0.3 is 0 Å². The van der Waals surface area contributed by atoms with Gasteiger partial charge in [-0.3, -0.25) is 0 Å². The highest BCUT2D eigenvalue weighted by Crippen LogP contribution is 2.27. The maximum absolute atomic E-state index is 5.98. The summed E-state index contributed by atoms with van der Waals surface area (Å²) in [6, 6.07) is 10.2. The number of hydrogen-bond acceptors (Lipinski definition) is 2. The molecule has 0 aliphatic heterocycles. The van der Waals surface area contributed by atoms with Crippen molar-refractivity contribution in [1.29, 1.82) is 0 Å². The van der Waals surface area contributed by atoms with Crippen LogP contribution in [0.1, 0.15) is 22.3 Å². The van der Waals surface area contributed by atoms with E-state index in [0.29, 0.717) is 6.61 Å². The van der Waals surface area contributed by atoms with Crippen LogP contribution in [-0.4, -0.2) is 7.11 Å². The van der Waals surface area contributed by atoms with Crippen LogP contribution in [-0.2, 0) is 6.61 Å². The molecule has 0 bridgehead atoms. The molecule has 0 aromatic heterocycles. The Kier molecular flexibility index (Phi) is 4.71. The van der Waals surface area contributed by atoms with E-state index < -0.39 is 0 Å². The molecule has 0 saturated carbocycles. The fourth-order valence-electron chi connectivity index (χ4n) is 2.17. The first-order valence-corrected chi connectivity index (χ1v) is 7.33. The Hall–Kier alpha value is -1.48. The van der Waals surface area contributed by atoms with Crippen molar-refractivity contribution >= 4 is 15.9 Å². The van der Waals surface area contributed by atoms with E-state index in [4.69, 9.17) is 9.47 Å². The smallest absolute Gasteiger partial charge is 0.125 e. The molecule has 0 unspecified atom stereocenters. The third kappa shape index (κ3) is 3.34. The zero-order chi connectivity index (χ0) is 14.7. The highest BCUT2D eigenvalue weighted by Gasteiger charge is 2.08. The van der Waals surface area contributed by atoms with Crippen LogP contribution in [0.2, 0.25) is 0 Å². The number of rotatable bonds is 4. The third-order valence-electron chi connectivity index (χ3n) is 3.39. The van der Waals surface area contributed by atoms with Gasteiger partial charge in [-0.15, -0.1) is 0 Å². The maximum Gasteiger partial charge on any atom is 0.125 e. The maximum atomic E-state index is 5.98. The normalized spacial score (nSPS) is 10.4. The average Bonchev–Trinajstić information content (AvgIpc) is 2.41. The predicted molar refractivity (Wildman–Crippen MR) is 85.7 cm³/mol. The first kappa shape index (κ1) is 14.9. The van der Waals surface area contributed by atoms with Crippen LogP contribution in [0.25, 0.3) is 0 Å². The Morgan fingerprint density at radius 3 is 2.45 bits per heavy atom. The molecule has 0 fully saturated rings. The van der Waals surface area contributed by atoms with E-state index in [1.54, 1.807) is 7.11 Å². The van der Waals surface area contributed by atoms with E-state index in [0.717, 1.165) is 21.5 Å². The minimum atomic E-state index is 0.492. The van der Waals surface area contributed by atoms with E-state index in [9.17, 15) is 0 Å². The van der Waals surface area contributed by atoms with E-state index >= 15 is 0 Å². The van der Waals surface area contributed by atoms with Crippen molar-refractivity contribution < 1.29 is 9.47 Å². The Morgan fingerprint density at radius 2 is 1.75 bits per heavy atom. The molecule has 0 atom stereocenters. The van der Waals surface area contributed by atoms with Crippen LogP contribution in [0.5, 0.6) is 11.5 Å². The van der Waals surface area contributed by atoms with Gasteiger partial charge in [-0.05, 0) is 61.7 Å². The minimum absolute atomic E-state index is 0.492. The van der Waals surface area contributed by atoms with Crippen molar-refractivity contribution in [3.8, 4) is 11.5 Å². The van der Waals surface area contributed by atoms with Crippen molar-refractivity contribution in [3.63, 3.8) is 0 Å². The van der Waals surface area contributed by atoms with Gasteiger partial charge in [0.1, 0.15) is 18.1 Å². The lowest BCUT2D eigenvalue weighted by molar-refractivity contribution is 0.294. The molecule has 2 aromatic carbocycles. The van der Waals surface area contributed by atoms with E-state index in [1.807, 2.05) is 18.2 Å². The number of hydrogen-bond donors (Lipinski definition) is 0. The Labute approximate surface area is 128 Å². The zero-order valence-electron chi connectivity index (χ0n) is 12.3. The van der Waals surface area contributed by atoms with Crippen molar-refractivity contribution in [2.45, 2.75) is 27.4 Å². The van der Waals surface area contributed by atoms with Crippen LogP contribution in [0, 0.1) is 20.8 Å². The number of ether oxygens (including phenoxy) is 2. The van der Waals surface area contributed by atoms with E-state index in [1.165, 1.54) is 16.7 Å². The predicted octanol–water partition coefficient (Wildman–Crippen LogP) is 4.96. The summed E-state index contributed by atoms with van der Waals surface area (Å²) in [5.41, 5.74) is 4.68. The Balaban J connectivity index is 2.23. The van der Waals surface area contributed by atoms with Crippen LogP contribution in [0.4, 0.5) is 0 Å². The molecule has 0 saturated heterocycles. The molecular weight excluding hydrogens is 316 g/mol. The SMILES string of the molecule is COc1ccc(Br)cc1COc1cc(C)cc(C)c1C. The lowest BCUT2D eigenvalue weighted by atomic mass is 10.1. The quantitative estimate of drug-likeness (QED) is 0.786. The second kappa shape index (κ2) is 6.31. The lowest BCUT2D eigenvalue weighted by Gasteiger charge is -2.14. The number of methoxy groups -OCH3 is 1.